The van der Waals surface area contributed by atoms with Crippen LogP contribution in [0.25, 0.3) is 10.9 Å². The van der Waals surface area contributed by atoms with Crippen molar-refractivity contribution < 1.29 is 22.7 Å². The minimum absolute atomic E-state index is 0.231. The lowest BCUT2D eigenvalue weighted by molar-refractivity contribution is -0.189. The van der Waals surface area contributed by atoms with Crippen molar-refractivity contribution in [2.75, 3.05) is 0 Å². The lowest BCUT2D eigenvalue weighted by Gasteiger charge is -2.06. The van der Waals surface area contributed by atoms with Gasteiger partial charge in [-0.2, -0.15) is 13.2 Å². The van der Waals surface area contributed by atoms with Crippen molar-refractivity contribution in [2.45, 2.75) is 6.18 Å². The number of rotatable bonds is 1. The maximum absolute atomic E-state index is 12.0. The van der Waals surface area contributed by atoms with E-state index in [1.54, 1.807) is 24.3 Å². The average Bonchev–Trinajstić information content (AvgIpc) is 2.27. The summed E-state index contributed by atoms with van der Waals surface area (Å²) in [6.07, 6.45) is -3.93. The zero-order valence-electron chi connectivity index (χ0n) is 8.36. The summed E-state index contributed by atoms with van der Waals surface area (Å²) in [5, 5.41) is 0.597. The van der Waals surface area contributed by atoms with Crippen LogP contribution in [0, 0.1) is 0 Å². The Morgan fingerprint density at radius 3 is 2.65 bits per heavy atom. The van der Waals surface area contributed by atoms with Gasteiger partial charge in [-0.1, -0.05) is 18.2 Å². The summed E-state index contributed by atoms with van der Waals surface area (Å²) >= 11 is 0. The van der Waals surface area contributed by atoms with Crippen LogP contribution in [0.2, 0.25) is 0 Å². The van der Waals surface area contributed by atoms with Crippen LogP contribution in [0.4, 0.5) is 13.2 Å². The van der Waals surface area contributed by atoms with Crippen LogP contribution in [0.15, 0.2) is 36.5 Å². The molecule has 0 saturated heterocycles. The van der Waals surface area contributed by atoms with Gasteiger partial charge in [-0.3, -0.25) is 4.98 Å². The van der Waals surface area contributed by atoms with Crippen molar-refractivity contribution >= 4 is 16.9 Å². The van der Waals surface area contributed by atoms with Gasteiger partial charge in [0, 0.05) is 5.39 Å². The molecule has 1 aromatic heterocycles. The van der Waals surface area contributed by atoms with E-state index in [1.165, 1.54) is 6.07 Å². The number of esters is 1. The van der Waals surface area contributed by atoms with Gasteiger partial charge >= 0.3 is 12.1 Å². The van der Waals surface area contributed by atoms with Crippen LogP contribution < -0.4 is 4.74 Å². The number of para-hydroxylation sites is 1. The van der Waals surface area contributed by atoms with E-state index in [4.69, 9.17) is 0 Å². The first-order valence-electron chi connectivity index (χ1n) is 4.60. The Bertz CT molecular complexity index is 566. The van der Waals surface area contributed by atoms with Gasteiger partial charge in [-0.25, -0.2) is 4.79 Å². The van der Waals surface area contributed by atoms with Crippen LogP contribution in [0.1, 0.15) is 0 Å². The molecule has 0 N–H and O–H groups in total. The Morgan fingerprint density at radius 1 is 1.24 bits per heavy atom. The number of pyridine rings is 1. The Morgan fingerprint density at radius 2 is 1.94 bits per heavy atom. The molecule has 17 heavy (non-hydrogen) atoms. The number of nitrogens with zero attached hydrogens (tertiary/aromatic N) is 1. The highest BCUT2D eigenvalue weighted by atomic mass is 19.4. The van der Waals surface area contributed by atoms with Crippen molar-refractivity contribution in [2.24, 2.45) is 0 Å². The molecule has 0 aliphatic carbocycles. The van der Waals surface area contributed by atoms with Gasteiger partial charge in [-0.15, -0.1) is 0 Å². The Labute approximate surface area is 93.8 Å². The fourth-order valence-corrected chi connectivity index (χ4v) is 1.27. The second-order valence-electron chi connectivity index (χ2n) is 3.25. The average molecular weight is 241 g/mol. The second kappa shape index (κ2) is 4.04. The molecule has 0 spiro atoms. The number of hydrogen-bond acceptors (Lipinski definition) is 3. The van der Waals surface area contributed by atoms with Crippen LogP contribution in [-0.2, 0) is 4.79 Å². The van der Waals surface area contributed by atoms with Gasteiger partial charge in [0.25, 0.3) is 0 Å². The van der Waals surface area contributed by atoms with E-state index in [9.17, 15) is 18.0 Å². The van der Waals surface area contributed by atoms with Crippen molar-refractivity contribution in [3.63, 3.8) is 0 Å². The SMILES string of the molecule is O=C(Oc1cnc2ccccc2c1)C(F)(F)F. The highest BCUT2D eigenvalue weighted by Crippen LogP contribution is 2.22. The number of aromatic nitrogens is 1. The van der Waals surface area contributed by atoms with Crippen LogP contribution in [-0.4, -0.2) is 17.1 Å². The van der Waals surface area contributed by atoms with E-state index >= 15 is 0 Å². The first kappa shape index (κ1) is 11.4. The normalized spacial score (nSPS) is 11.5. The monoisotopic (exact) mass is 241 g/mol. The molecule has 0 atom stereocenters. The molecule has 3 nitrogen and oxygen atoms in total. The smallest absolute Gasteiger partial charge is 0.418 e. The van der Waals surface area contributed by atoms with Crippen LogP contribution in [0.3, 0.4) is 0 Å². The van der Waals surface area contributed by atoms with Crippen molar-refractivity contribution in [1.29, 1.82) is 0 Å². The summed E-state index contributed by atoms with van der Waals surface area (Å²) in [5.41, 5.74) is 0.610. The molecule has 88 valence electrons. The zero-order valence-corrected chi connectivity index (χ0v) is 8.36. The molecule has 0 radical (unpaired) electrons. The molecule has 0 aliphatic rings. The molecule has 0 bridgehead atoms. The number of fused-ring (bicyclic) bond motifs is 1. The third-order valence-corrected chi connectivity index (χ3v) is 2.01. The number of hydrogen-bond donors (Lipinski definition) is 0. The number of benzene rings is 1. The van der Waals surface area contributed by atoms with E-state index in [2.05, 4.69) is 9.72 Å². The fraction of sp³-hybridized carbons (Fsp3) is 0.0909. The minimum atomic E-state index is -5.01. The largest absolute Gasteiger partial charge is 0.491 e. The van der Waals surface area contributed by atoms with E-state index in [0.29, 0.717) is 10.9 Å². The predicted octanol–water partition coefficient (Wildman–Crippen LogP) is 2.70. The van der Waals surface area contributed by atoms with E-state index in [1.807, 2.05) is 0 Å². The molecule has 0 aliphatic heterocycles. The minimum Gasteiger partial charge on any atom is -0.418 e. The number of ether oxygens (including phenoxy) is 1. The molecule has 6 heteroatoms. The predicted molar refractivity (Wildman–Crippen MR) is 53.4 cm³/mol. The van der Waals surface area contributed by atoms with Crippen LogP contribution >= 0.6 is 0 Å². The Hall–Kier alpha value is -2.11. The highest BCUT2D eigenvalue weighted by molar-refractivity contribution is 5.82. The van der Waals surface area contributed by atoms with Gasteiger partial charge in [-0.05, 0) is 12.1 Å². The van der Waals surface area contributed by atoms with Gasteiger partial charge in [0.15, 0.2) is 0 Å². The quantitative estimate of drug-likeness (QED) is 0.720. The molecular formula is C11H6F3NO2. The molecule has 0 saturated carbocycles. The summed E-state index contributed by atoms with van der Waals surface area (Å²) in [5.74, 6) is -2.49. The maximum atomic E-state index is 12.0. The van der Waals surface area contributed by atoms with E-state index < -0.39 is 12.1 Å². The molecule has 1 aromatic carbocycles. The summed E-state index contributed by atoms with van der Waals surface area (Å²) in [6, 6.07) is 8.14. The van der Waals surface area contributed by atoms with E-state index in [-0.39, 0.29) is 5.75 Å². The molecule has 0 amide bonds. The van der Waals surface area contributed by atoms with Crippen LogP contribution in [0.5, 0.6) is 5.75 Å². The molecule has 2 rings (SSSR count). The maximum Gasteiger partial charge on any atom is 0.491 e. The molecule has 2 aromatic rings. The van der Waals surface area contributed by atoms with E-state index in [0.717, 1.165) is 6.20 Å². The van der Waals surface area contributed by atoms with Crippen molar-refractivity contribution in [3.05, 3.63) is 36.5 Å². The number of alkyl halides is 3. The highest BCUT2D eigenvalue weighted by Gasteiger charge is 2.41. The lowest BCUT2D eigenvalue weighted by atomic mass is 10.2. The molecular weight excluding hydrogens is 235 g/mol. The third kappa shape index (κ3) is 2.52. The number of carbonyl (C=O) groups is 1. The van der Waals surface area contributed by atoms with Gasteiger partial charge < -0.3 is 4.74 Å². The van der Waals surface area contributed by atoms with Crippen molar-refractivity contribution in [3.8, 4) is 5.75 Å². The molecule has 1 heterocycles. The topological polar surface area (TPSA) is 39.2 Å². The Balaban J connectivity index is 2.29. The van der Waals surface area contributed by atoms with Gasteiger partial charge in [0.1, 0.15) is 5.75 Å². The molecule has 0 fully saturated rings. The van der Waals surface area contributed by atoms with Crippen molar-refractivity contribution in [1.82, 2.24) is 4.98 Å². The summed E-state index contributed by atoms with van der Waals surface area (Å²) < 4.78 is 40.0. The summed E-state index contributed by atoms with van der Waals surface area (Å²) in [7, 11) is 0. The van der Waals surface area contributed by atoms with Gasteiger partial charge in [0.05, 0.1) is 11.7 Å². The first-order valence-corrected chi connectivity index (χ1v) is 4.60. The first-order chi connectivity index (χ1) is 7.97. The fourth-order valence-electron chi connectivity index (χ4n) is 1.27. The lowest BCUT2D eigenvalue weighted by Crippen LogP contribution is -2.27. The number of halogens is 3. The van der Waals surface area contributed by atoms with Gasteiger partial charge in [0.2, 0.25) is 0 Å². The Kier molecular flexibility index (Phi) is 2.71. The summed E-state index contributed by atoms with van der Waals surface area (Å²) in [4.78, 5) is 14.5. The number of carbonyl (C=O) groups excluding carboxylic acids is 1. The molecule has 0 unspecified atom stereocenters. The summed E-state index contributed by atoms with van der Waals surface area (Å²) in [6.45, 7) is 0. The third-order valence-electron chi connectivity index (χ3n) is 2.01. The second-order valence-corrected chi connectivity index (χ2v) is 3.25. The standard InChI is InChI=1S/C11H6F3NO2/c12-11(13,14)10(16)17-8-5-7-3-1-2-4-9(7)15-6-8/h1-6H. The zero-order chi connectivity index (χ0) is 12.5.